The lowest BCUT2D eigenvalue weighted by atomic mass is 9.98. The Hall–Kier alpha value is -4.14. The van der Waals surface area contributed by atoms with Crippen molar-refractivity contribution in [1.29, 1.82) is 0 Å². The number of rotatable bonds is 7. The second-order valence-electron chi connectivity index (χ2n) is 8.53. The van der Waals surface area contributed by atoms with E-state index in [1.54, 1.807) is 13.0 Å². The van der Waals surface area contributed by atoms with Crippen LogP contribution in [-0.2, 0) is 19.1 Å². The first kappa shape index (κ1) is 24.0. The Morgan fingerprint density at radius 3 is 2.29 bits per heavy atom. The van der Waals surface area contributed by atoms with Gasteiger partial charge < -0.3 is 25.0 Å². The summed E-state index contributed by atoms with van der Waals surface area (Å²) in [5.41, 5.74) is 4.93. The van der Waals surface area contributed by atoms with Crippen molar-refractivity contribution >= 4 is 23.9 Å². The first-order chi connectivity index (χ1) is 16.8. The van der Waals surface area contributed by atoms with Gasteiger partial charge in [0.2, 0.25) is 11.8 Å². The van der Waals surface area contributed by atoms with Crippen LogP contribution in [-0.4, -0.2) is 78.1 Å². The minimum atomic E-state index is -1.09. The van der Waals surface area contributed by atoms with Crippen molar-refractivity contribution in [1.82, 2.24) is 15.1 Å². The molecule has 2 aliphatic rings. The maximum absolute atomic E-state index is 12.6. The van der Waals surface area contributed by atoms with Crippen LogP contribution in [0.3, 0.4) is 0 Å². The standard InChI is InChI=1S/C26H27N3O6/c1-17(25(33)29-13-12-28(15-24(31)32)23(30)14-29)10-11-27-26(34)35-16-22-20-8-4-2-6-18(20)19-7-3-5-9-21(19)22/h2-10,22H,11-16H2,1H3,(H,27,34)(H,31,32)/b17-10+. The fourth-order valence-electron chi connectivity index (χ4n) is 4.49. The summed E-state index contributed by atoms with van der Waals surface area (Å²) in [5.74, 6) is -1.86. The summed E-state index contributed by atoms with van der Waals surface area (Å²) in [5, 5.41) is 11.5. The highest BCUT2D eigenvalue weighted by atomic mass is 16.5. The number of hydrogen-bond acceptors (Lipinski definition) is 5. The molecule has 1 saturated heterocycles. The highest BCUT2D eigenvalue weighted by molar-refractivity contribution is 5.96. The Labute approximate surface area is 203 Å². The van der Waals surface area contributed by atoms with E-state index in [0.717, 1.165) is 22.3 Å². The van der Waals surface area contributed by atoms with Crippen LogP contribution in [0.25, 0.3) is 11.1 Å². The van der Waals surface area contributed by atoms with E-state index >= 15 is 0 Å². The normalized spacial score (nSPS) is 15.5. The van der Waals surface area contributed by atoms with Crippen molar-refractivity contribution in [2.75, 3.05) is 39.3 Å². The maximum atomic E-state index is 12.6. The molecule has 0 unspecified atom stereocenters. The number of carbonyl (C=O) groups is 4. The van der Waals surface area contributed by atoms with Gasteiger partial charge in [-0.2, -0.15) is 0 Å². The van der Waals surface area contributed by atoms with Crippen LogP contribution in [0.2, 0.25) is 0 Å². The van der Waals surface area contributed by atoms with E-state index in [2.05, 4.69) is 17.4 Å². The molecule has 3 amide bonds. The number of nitrogens with zero attached hydrogens (tertiary/aromatic N) is 2. The fourth-order valence-corrected chi connectivity index (χ4v) is 4.49. The molecule has 2 aromatic rings. The average molecular weight is 478 g/mol. The molecule has 35 heavy (non-hydrogen) atoms. The third-order valence-electron chi connectivity index (χ3n) is 6.27. The van der Waals surface area contributed by atoms with Crippen molar-refractivity contribution < 1.29 is 29.0 Å². The molecule has 9 nitrogen and oxygen atoms in total. The number of benzene rings is 2. The molecule has 0 atom stereocenters. The number of alkyl carbamates (subject to hydrolysis) is 1. The molecule has 1 aliphatic heterocycles. The second kappa shape index (κ2) is 10.4. The van der Waals surface area contributed by atoms with E-state index < -0.39 is 18.0 Å². The molecule has 2 N–H and O–H groups in total. The Balaban J connectivity index is 1.26. The van der Waals surface area contributed by atoms with Gasteiger partial charge in [-0.05, 0) is 29.2 Å². The topological polar surface area (TPSA) is 116 Å². The van der Waals surface area contributed by atoms with Crippen molar-refractivity contribution in [3.63, 3.8) is 0 Å². The molecular formula is C26H27N3O6. The smallest absolute Gasteiger partial charge is 0.407 e. The third kappa shape index (κ3) is 5.34. The third-order valence-corrected chi connectivity index (χ3v) is 6.27. The van der Waals surface area contributed by atoms with Crippen molar-refractivity contribution in [2.24, 2.45) is 0 Å². The minimum Gasteiger partial charge on any atom is -0.480 e. The number of amides is 3. The van der Waals surface area contributed by atoms with Crippen molar-refractivity contribution in [2.45, 2.75) is 12.8 Å². The van der Waals surface area contributed by atoms with E-state index in [1.165, 1.54) is 9.80 Å². The molecule has 0 spiro atoms. The zero-order valence-corrected chi connectivity index (χ0v) is 19.4. The van der Waals surface area contributed by atoms with Crippen LogP contribution >= 0.6 is 0 Å². The zero-order valence-electron chi connectivity index (χ0n) is 19.4. The van der Waals surface area contributed by atoms with Crippen LogP contribution in [0.15, 0.2) is 60.2 Å². The summed E-state index contributed by atoms with van der Waals surface area (Å²) >= 11 is 0. The Bertz CT molecular complexity index is 1150. The average Bonchev–Trinajstić information content (AvgIpc) is 3.17. The molecule has 0 bridgehead atoms. The maximum Gasteiger partial charge on any atom is 0.407 e. The SMILES string of the molecule is C/C(=C\CNC(=O)OCC1c2ccccc2-c2ccccc21)C(=O)N1CCN(CC(=O)O)C(=O)C1. The van der Waals surface area contributed by atoms with Crippen LogP contribution in [0.1, 0.15) is 24.0 Å². The number of carboxylic acids is 1. The zero-order chi connectivity index (χ0) is 24.9. The van der Waals surface area contributed by atoms with Crippen LogP contribution in [0, 0.1) is 0 Å². The van der Waals surface area contributed by atoms with Gasteiger partial charge in [-0.15, -0.1) is 0 Å². The number of fused-ring (bicyclic) bond motifs is 3. The van der Waals surface area contributed by atoms with Gasteiger partial charge in [0.05, 0.1) is 0 Å². The molecule has 182 valence electrons. The van der Waals surface area contributed by atoms with E-state index in [0.29, 0.717) is 5.57 Å². The molecule has 2 aromatic carbocycles. The van der Waals surface area contributed by atoms with Crippen molar-refractivity contribution in [3.05, 3.63) is 71.3 Å². The van der Waals surface area contributed by atoms with E-state index in [9.17, 15) is 19.2 Å². The van der Waals surface area contributed by atoms with Gasteiger partial charge in [0, 0.05) is 31.1 Å². The number of ether oxygens (including phenoxy) is 1. The van der Waals surface area contributed by atoms with Crippen LogP contribution in [0.5, 0.6) is 0 Å². The lowest BCUT2D eigenvalue weighted by Gasteiger charge is -2.33. The molecule has 4 rings (SSSR count). The summed E-state index contributed by atoms with van der Waals surface area (Å²) in [7, 11) is 0. The molecule has 1 heterocycles. The van der Waals surface area contributed by atoms with E-state index in [4.69, 9.17) is 9.84 Å². The molecule has 9 heteroatoms. The molecular weight excluding hydrogens is 450 g/mol. The predicted molar refractivity (Wildman–Crippen MR) is 128 cm³/mol. The summed E-state index contributed by atoms with van der Waals surface area (Å²) in [6, 6.07) is 16.2. The van der Waals surface area contributed by atoms with Gasteiger partial charge in [0.15, 0.2) is 0 Å². The van der Waals surface area contributed by atoms with E-state index in [-0.39, 0.29) is 51.2 Å². The van der Waals surface area contributed by atoms with E-state index in [1.807, 2.05) is 36.4 Å². The largest absolute Gasteiger partial charge is 0.480 e. The van der Waals surface area contributed by atoms with Crippen LogP contribution in [0.4, 0.5) is 4.79 Å². The first-order valence-electron chi connectivity index (χ1n) is 11.4. The van der Waals surface area contributed by atoms with Crippen molar-refractivity contribution in [3.8, 4) is 11.1 Å². The van der Waals surface area contributed by atoms with Gasteiger partial charge >= 0.3 is 12.1 Å². The number of aliphatic carboxylic acids is 1. The van der Waals surface area contributed by atoms with Gasteiger partial charge in [-0.25, -0.2) is 4.79 Å². The van der Waals surface area contributed by atoms with Gasteiger partial charge in [0.1, 0.15) is 19.7 Å². The number of hydrogen-bond donors (Lipinski definition) is 2. The Morgan fingerprint density at radius 1 is 1.06 bits per heavy atom. The van der Waals surface area contributed by atoms with Crippen LogP contribution < -0.4 is 5.32 Å². The van der Waals surface area contributed by atoms with Gasteiger partial charge in [-0.1, -0.05) is 54.6 Å². The summed E-state index contributed by atoms with van der Waals surface area (Å²) in [6.45, 7) is 1.78. The van der Waals surface area contributed by atoms with Gasteiger partial charge in [0.25, 0.3) is 0 Å². The Kier molecular flexibility index (Phi) is 7.14. The summed E-state index contributed by atoms with van der Waals surface area (Å²) in [6.07, 6.45) is 0.985. The quantitative estimate of drug-likeness (QED) is 0.591. The molecule has 1 aliphatic carbocycles. The highest BCUT2D eigenvalue weighted by Crippen LogP contribution is 2.44. The lowest BCUT2D eigenvalue weighted by molar-refractivity contribution is -0.149. The summed E-state index contributed by atoms with van der Waals surface area (Å²) in [4.78, 5) is 50.4. The van der Waals surface area contributed by atoms with Gasteiger partial charge in [-0.3, -0.25) is 14.4 Å². The Morgan fingerprint density at radius 2 is 1.69 bits per heavy atom. The molecule has 0 radical (unpaired) electrons. The monoisotopic (exact) mass is 477 g/mol. The number of nitrogens with one attached hydrogen (secondary N) is 1. The molecule has 1 fully saturated rings. The number of piperazine rings is 1. The second-order valence-corrected chi connectivity index (χ2v) is 8.53. The predicted octanol–water partition coefficient (Wildman–Crippen LogP) is 2.23. The minimum absolute atomic E-state index is 0.0377. The summed E-state index contributed by atoms with van der Waals surface area (Å²) < 4.78 is 5.48. The number of carboxylic acid groups (broad SMARTS) is 1. The molecule has 0 aromatic heterocycles. The first-order valence-corrected chi connectivity index (χ1v) is 11.4. The molecule has 0 saturated carbocycles. The number of carbonyl (C=O) groups excluding carboxylic acids is 3. The lowest BCUT2D eigenvalue weighted by Crippen LogP contribution is -2.53. The fraction of sp³-hybridized carbons (Fsp3) is 0.308. The highest BCUT2D eigenvalue weighted by Gasteiger charge is 2.30.